The summed E-state index contributed by atoms with van der Waals surface area (Å²) in [5, 5.41) is 2.26. The molecule has 0 radical (unpaired) electrons. The minimum absolute atomic E-state index is 1.12. The Balaban J connectivity index is 0.000000561. The zero-order valence-electron chi connectivity index (χ0n) is 8.51. The molecule has 0 aliphatic heterocycles. The maximum atomic E-state index is 4.33. The zero-order valence-corrected chi connectivity index (χ0v) is 9.33. The lowest BCUT2D eigenvalue weighted by Crippen LogP contribution is -2.19. The van der Waals surface area contributed by atoms with Crippen LogP contribution >= 0.6 is 11.3 Å². The van der Waals surface area contributed by atoms with Crippen LogP contribution in [0.5, 0.6) is 0 Å². The smallest absolute Gasteiger partial charge is 0.0907 e. The number of thiazole rings is 1. The first-order valence-corrected chi connectivity index (χ1v) is 5.15. The molecular weight excluding hydrogens is 166 g/mol. The molecule has 1 nitrogen and oxygen atoms in total. The number of nitrogens with zero attached hydrogens (tertiary/aromatic N) is 1. The SMILES string of the molecule is C/C=c1/nc(C)s/c1=C/C.CC. The van der Waals surface area contributed by atoms with Gasteiger partial charge in [-0.1, -0.05) is 26.0 Å². The highest BCUT2D eigenvalue weighted by Gasteiger charge is 1.89. The van der Waals surface area contributed by atoms with Gasteiger partial charge >= 0.3 is 0 Å². The lowest BCUT2D eigenvalue weighted by Gasteiger charge is -1.69. The first-order chi connectivity index (χ1) is 5.77. The third-order valence-electron chi connectivity index (χ3n) is 1.32. The standard InChI is InChI=1S/C8H11NS.C2H6/c1-4-7-8(5-2)10-6(3)9-7;1-2/h4-5H,1-3H3;1-2H3/b7-4+,8-5+;. The number of aromatic nitrogens is 1. The highest BCUT2D eigenvalue weighted by atomic mass is 32.1. The fourth-order valence-corrected chi connectivity index (χ4v) is 1.72. The summed E-state index contributed by atoms with van der Waals surface area (Å²) in [5.41, 5.74) is 0. The van der Waals surface area contributed by atoms with E-state index in [-0.39, 0.29) is 0 Å². The van der Waals surface area contributed by atoms with Crippen LogP contribution in [0, 0.1) is 6.92 Å². The Morgan fingerprint density at radius 3 is 2.08 bits per heavy atom. The Labute approximate surface area is 78.5 Å². The minimum Gasteiger partial charge on any atom is -0.242 e. The summed E-state index contributed by atoms with van der Waals surface area (Å²) in [6.45, 7) is 10.1. The van der Waals surface area contributed by atoms with Crippen molar-refractivity contribution < 1.29 is 0 Å². The molecule has 2 heteroatoms. The summed E-state index contributed by atoms with van der Waals surface area (Å²) in [4.78, 5) is 4.33. The Morgan fingerprint density at radius 1 is 1.17 bits per heavy atom. The molecule has 0 unspecified atom stereocenters. The van der Waals surface area contributed by atoms with Crippen molar-refractivity contribution in [1.29, 1.82) is 0 Å². The number of hydrogen-bond acceptors (Lipinski definition) is 2. The van der Waals surface area contributed by atoms with Crippen molar-refractivity contribution in [1.82, 2.24) is 4.98 Å². The number of hydrogen-bond donors (Lipinski definition) is 0. The van der Waals surface area contributed by atoms with Crippen molar-refractivity contribution in [2.24, 2.45) is 0 Å². The normalized spacial score (nSPS) is 12.8. The molecule has 0 N–H and O–H groups in total. The largest absolute Gasteiger partial charge is 0.242 e. The lowest BCUT2D eigenvalue weighted by atomic mass is 10.5. The molecule has 0 aliphatic carbocycles. The Hall–Kier alpha value is -0.630. The van der Waals surface area contributed by atoms with Gasteiger partial charge in [0.2, 0.25) is 0 Å². The summed E-state index contributed by atoms with van der Waals surface area (Å²) < 4.78 is 1.28. The van der Waals surface area contributed by atoms with Gasteiger partial charge in [-0.15, -0.1) is 11.3 Å². The van der Waals surface area contributed by atoms with Gasteiger partial charge in [-0.25, -0.2) is 4.98 Å². The average Bonchev–Trinajstić information content (AvgIpc) is 2.49. The monoisotopic (exact) mass is 183 g/mol. The molecule has 0 aliphatic rings. The van der Waals surface area contributed by atoms with Gasteiger partial charge < -0.3 is 0 Å². The summed E-state index contributed by atoms with van der Waals surface area (Å²) in [7, 11) is 0. The van der Waals surface area contributed by atoms with Crippen LogP contribution < -0.4 is 9.88 Å². The van der Waals surface area contributed by atoms with E-state index in [2.05, 4.69) is 11.1 Å². The molecule has 1 aromatic heterocycles. The predicted octanol–water partition coefficient (Wildman–Crippen LogP) is 2.08. The van der Waals surface area contributed by atoms with E-state index in [0.29, 0.717) is 0 Å². The van der Waals surface area contributed by atoms with Crippen molar-refractivity contribution in [3.8, 4) is 0 Å². The summed E-state index contributed by atoms with van der Waals surface area (Å²) in [5.74, 6) is 0. The Morgan fingerprint density at radius 2 is 1.75 bits per heavy atom. The van der Waals surface area contributed by atoms with Gasteiger partial charge in [-0.2, -0.15) is 0 Å². The van der Waals surface area contributed by atoms with Gasteiger partial charge in [0.05, 0.1) is 10.4 Å². The molecule has 1 rings (SSSR count). The summed E-state index contributed by atoms with van der Waals surface area (Å²) >= 11 is 1.74. The summed E-state index contributed by atoms with van der Waals surface area (Å²) in [6, 6.07) is 0. The molecule has 1 aromatic rings. The van der Waals surface area contributed by atoms with Gasteiger partial charge in [-0.3, -0.25) is 0 Å². The predicted molar refractivity (Wildman–Crippen MR) is 57.7 cm³/mol. The molecule has 0 atom stereocenters. The van der Waals surface area contributed by atoms with Crippen LogP contribution in [-0.2, 0) is 0 Å². The van der Waals surface area contributed by atoms with E-state index >= 15 is 0 Å². The van der Waals surface area contributed by atoms with Crippen LogP contribution in [0.3, 0.4) is 0 Å². The van der Waals surface area contributed by atoms with Gasteiger partial charge in [-0.05, 0) is 20.8 Å². The average molecular weight is 183 g/mol. The second-order valence-corrected chi connectivity index (χ2v) is 3.29. The third-order valence-corrected chi connectivity index (χ3v) is 2.38. The molecule has 1 heterocycles. The van der Waals surface area contributed by atoms with Gasteiger partial charge in [0.1, 0.15) is 0 Å². The summed E-state index contributed by atoms with van der Waals surface area (Å²) in [6.07, 6.45) is 4.14. The van der Waals surface area contributed by atoms with Crippen LogP contribution in [0.25, 0.3) is 12.2 Å². The Bertz CT molecular complexity index is 291. The van der Waals surface area contributed by atoms with E-state index in [1.807, 2.05) is 40.7 Å². The molecule has 68 valence electrons. The second kappa shape index (κ2) is 5.95. The van der Waals surface area contributed by atoms with Gasteiger partial charge in [0, 0.05) is 4.53 Å². The van der Waals surface area contributed by atoms with Crippen molar-refractivity contribution in [3.63, 3.8) is 0 Å². The second-order valence-electron chi connectivity index (χ2n) is 2.06. The molecule has 12 heavy (non-hydrogen) atoms. The first kappa shape index (κ1) is 11.4. The van der Waals surface area contributed by atoms with Crippen molar-refractivity contribution >= 4 is 23.5 Å². The molecule has 0 amide bonds. The molecule has 0 aromatic carbocycles. The minimum atomic E-state index is 1.12. The maximum absolute atomic E-state index is 4.33. The highest BCUT2D eigenvalue weighted by molar-refractivity contribution is 7.09. The van der Waals surface area contributed by atoms with E-state index in [9.17, 15) is 0 Å². The molecule has 0 saturated carbocycles. The topological polar surface area (TPSA) is 12.9 Å². The molecular formula is C10H17NS. The highest BCUT2D eigenvalue weighted by Crippen LogP contribution is 1.89. The Kier molecular flexibility index (Phi) is 5.64. The van der Waals surface area contributed by atoms with E-state index in [1.165, 1.54) is 4.53 Å². The van der Waals surface area contributed by atoms with E-state index in [4.69, 9.17) is 0 Å². The fraction of sp³-hybridized carbons (Fsp3) is 0.500. The molecule has 0 saturated heterocycles. The van der Waals surface area contributed by atoms with Gasteiger partial charge in [0.25, 0.3) is 0 Å². The van der Waals surface area contributed by atoms with E-state index in [0.717, 1.165) is 10.4 Å². The zero-order chi connectivity index (χ0) is 9.56. The van der Waals surface area contributed by atoms with Crippen molar-refractivity contribution in [2.75, 3.05) is 0 Å². The molecule has 0 spiro atoms. The molecule has 0 bridgehead atoms. The van der Waals surface area contributed by atoms with Crippen LogP contribution in [0.4, 0.5) is 0 Å². The number of rotatable bonds is 0. The van der Waals surface area contributed by atoms with Crippen LogP contribution in [-0.4, -0.2) is 4.98 Å². The van der Waals surface area contributed by atoms with E-state index in [1.54, 1.807) is 11.3 Å². The maximum Gasteiger partial charge on any atom is 0.0907 e. The molecule has 0 fully saturated rings. The van der Waals surface area contributed by atoms with Crippen molar-refractivity contribution in [3.05, 3.63) is 14.9 Å². The lowest BCUT2D eigenvalue weighted by molar-refractivity contribution is 1.23. The van der Waals surface area contributed by atoms with Crippen LogP contribution in [0.15, 0.2) is 0 Å². The van der Waals surface area contributed by atoms with Crippen LogP contribution in [0.1, 0.15) is 32.7 Å². The van der Waals surface area contributed by atoms with Crippen LogP contribution in [0.2, 0.25) is 0 Å². The fourth-order valence-electron chi connectivity index (χ4n) is 0.873. The third kappa shape index (κ3) is 2.78. The van der Waals surface area contributed by atoms with Gasteiger partial charge in [0.15, 0.2) is 0 Å². The first-order valence-electron chi connectivity index (χ1n) is 4.34. The van der Waals surface area contributed by atoms with Crippen molar-refractivity contribution in [2.45, 2.75) is 34.6 Å². The number of aryl methyl sites for hydroxylation is 1. The quantitative estimate of drug-likeness (QED) is 0.600. The van der Waals surface area contributed by atoms with E-state index < -0.39 is 0 Å².